The Morgan fingerprint density at radius 1 is 1.14 bits per heavy atom. The fourth-order valence-electron chi connectivity index (χ4n) is 2.40. The lowest BCUT2D eigenvalue weighted by molar-refractivity contribution is -0.140. The molecule has 0 unspecified atom stereocenters. The van der Waals surface area contributed by atoms with Crippen LogP contribution in [-0.2, 0) is 6.18 Å². The molecular weight excluding hydrogens is 350 g/mol. The molecular formula is C13H17Cl2F5N2. The van der Waals surface area contributed by atoms with E-state index in [0.29, 0.717) is 32.2 Å². The summed E-state index contributed by atoms with van der Waals surface area (Å²) in [5.41, 5.74) is -1.58. The van der Waals surface area contributed by atoms with Crippen LogP contribution in [0.25, 0.3) is 0 Å². The largest absolute Gasteiger partial charge is 0.419 e. The van der Waals surface area contributed by atoms with Crippen molar-refractivity contribution >= 4 is 24.8 Å². The number of alkyl halides is 4. The summed E-state index contributed by atoms with van der Waals surface area (Å²) in [7, 11) is 0. The van der Waals surface area contributed by atoms with Gasteiger partial charge in [0, 0.05) is 31.7 Å². The van der Waals surface area contributed by atoms with E-state index >= 15 is 0 Å². The number of piperazine rings is 1. The fraction of sp³-hybridized carbons (Fsp3) is 0.538. The molecule has 1 N–H and O–H groups in total. The Morgan fingerprint density at radius 2 is 1.73 bits per heavy atom. The molecule has 128 valence electrons. The van der Waals surface area contributed by atoms with Gasteiger partial charge in [0.05, 0.1) is 11.6 Å². The minimum atomic E-state index is -4.77. The maximum absolute atomic E-state index is 14.0. The normalized spacial score (nSPS) is 17.3. The van der Waals surface area contributed by atoms with Gasteiger partial charge in [-0.1, -0.05) is 12.1 Å². The predicted octanol–water partition coefficient (Wildman–Crippen LogP) is 3.60. The molecule has 1 atom stereocenters. The van der Waals surface area contributed by atoms with Gasteiger partial charge in [0.1, 0.15) is 12.5 Å². The topological polar surface area (TPSA) is 15.3 Å². The van der Waals surface area contributed by atoms with Gasteiger partial charge in [0.25, 0.3) is 0 Å². The zero-order chi connectivity index (χ0) is 14.8. The van der Waals surface area contributed by atoms with Crippen LogP contribution in [0.2, 0.25) is 0 Å². The SMILES string of the molecule is Cl.Cl.FC[C@H](c1cccc(C(F)(F)F)c1F)N1CCNCC1. The third kappa shape index (κ3) is 4.68. The standard InChI is InChI=1S/C13H15F5N2.2ClH/c14-8-11(20-6-4-19-5-7-20)9-2-1-3-10(12(9)15)13(16,17)18;;/h1-3,11,19H,4-8H2;2*1H/t11-;;/m1../s1. The van der Waals surface area contributed by atoms with Crippen LogP contribution in [0.15, 0.2) is 18.2 Å². The lowest BCUT2D eigenvalue weighted by Gasteiger charge is -2.34. The smallest absolute Gasteiger partial charge is 0.314 e. The highest BCUT2D eigenvalue weighted by atomic mass is 35.5. The minimum Gasteiger partial charge on any atom is -0.314 e. The van der Waals surface area contributed by atoms with Gasteiger partial charge in [-0.3, -0.25) is 4.90 Å². The van der Waals surface area contributed by atoms with Gasteiger partial charge in [0.15, 0.2) is 0 Å². The van der Waals surface area contributed by atoms with Crippen molar-refractivity contribution in [3.63, 3.8) is 0 Å². The zero-order valence-electron chi connectivity index (χ0n) is 11.5. The molecule has 1 saturated heterocycles. The number of hydrogen-bond donors (Lipinski definition) is 1. The van der Waals surface area contributed by atoms with Gasteiger partial charge in [-0.15, -0.1) is 24.8 Å². The van der Waals surface area contributed by atoms with E-state index in [1.54, 1.807) is 4.90 Å². The molecule has 22 heavy (non-hydrogen) atoms. The lowest BCUT2D eigenvalue weighted by Crippen LogP contribution is -2.46. The van der Waals surface area contributed by atoms with E-state index in [-0.39, 0.29) is 30.4 Å². The summed E-state index contributed by atoms with van der Waals surface area (Å²) >= 11 is 0. The second kappa shape index (κ2) is 8.86. The Morgan fingerprint density at radius 3 is 2.23 bits per heavy atom. The minimum absolute atomic E-state index is 0. The zero-order valence-corrected chi connectivity index (χ0v) is 13.1. The fourth-order valence-corrected chi connectivity index (χ4v) is 2.40. The molecule has 0 bridgehead atoms. The van der Waals surface area contributed by atoms with Crippen LogP contribution < -0.4 is 5.32 Å². The van der Waals surface area contributed by atoms with Crippen LogP contribution >= 0.6 is 24.8 Å². The molecule has 0 aliphatic carbocycles. The van der Waals surface area contributed by atoms with Crippen LogP contribution in [0.5, 0.6) is 0 Å². The molecule has 2 nitrogen and oxygen atoms in total. The van der Waals surface area contributed by atoms with E-state index < -0.39 is 30.3 Å². The predicted molar refractivity (Wildman–Crippen MR) is 79.1 cm³/mol. The molecule has 0 aromatic heterocycles. The summed E-state index contributed by atoms with van der Waals surface area (Å²) in [6.45, 7) is 1.25. The second-order valence-electron chi connectivity index (χ2n) is 4.66. The molecule has 0 spiro atoms. The Kier molecular flexibility index (Phi) is 8.61. The molecule has 2 rings (SSSR count). The van der Waals surface area contributed by atoms with Crippen molar-refractivity contribution in [1.29, 1.82) is 0 Å². The monoisotopic (exact) mass is 366 g/mol. The van der Waals surface area contributed by atoms with Crippen molar-refractivity contribution < 1.29 is 22.0 Å². The van der Waals surface area contributed by atoms with E-state index in [9.17, 15) is 22.0 Å². The number of hydrogen-bond acceptors (Lipinski definition) is 2. The van der Waals surface area contributed by atoms with Gasteiger partial charge < -0.3 is 5.32 Å². The Balaban J connectivity index is 0.00000220. The van der Waals surface area contributed by atoms with Crippen molar-refractivity contribution in [2.75, 3.05) is 32.9 Å². The van der Waals surface area contributed by atoms with Crippen molar-refractivity contribution in [2.45, 2.75) is 12.2 Å². The molecule has 1 aliphatic heterocycles. The van der Waals surface area contributed by atoms with E-state index in [4.69, 9.17) is 0 Å². The van der Waals surface area contributed by atoms with Crippen molar-refractivity contribution in [2.24, 2.45) is 0 Å². The van der Waals surface area contributed by atoms with Crippen LogP contribution in [0.4, 0.5) is 22.0 Å². The third-order valence-electron chi connectivity index (χ3n) is 3.43. The average molecular weight is 367 g/mol. The second-order valence-corrected chi connectivity index (χ2v) is 4.66. The van der Waals surface area contributed by atoms with Gasteiger partial charge in [0.2, 0.25) is 0 Å². The highest BCUT2D eigenvalue weighted by molar-refractivity contribution is 5.85. The highest BCUT2D eigenvalue weighted by Crippen LogP contribution is 2.35. The molecule has 1 aromatic carbocycles. The first-order valence-electron chi connectivity index (χ1n) is 6.31. The van der Waals surface area contributed by atoms with E-state index in [1.807, 2.05) is 0 Å². The number of nitrogens with one attached hydrogen (secondary N) is 1. The summed E-state index contributed by atoms with van der Waals surface area (Å²) in [5.74, 6) is -1.37. The Labute approximate surface area is 137 Å². The first-order chi connectivity index (χ1) is 9.45. The van der Waals surface area contributed by atoms with Gasteiger partial charge >= 0.3 is 6.18 Å². The molecule has 1 heterocycles. The Hall–Kier alpha value is -0.630. The molecule has 0 amide bonds. The molecule has 9 heteroatoms. The first-order valence-corrected chi connectivity index (χ1v) is 6.31. The Bertz CT molecular complexity index is 464. The van der Waals surface area contributed by atoms with E-state index in [1.165, 1.54) is 6.07 Å². The lowest BCUT2D eigenvalue weighted by atomic mass is 10.0. The molecule has 0 radical (unpaired) electrons. The molecule has 1 fully saturated rings. The quantitative estimate of drug-likeness (QED) is 0.822. The first kappa shape index (κ1) is 21.4. The van der Waals surface area contributed by atoms with Crippen LogP contribution in [-0.4, -0.2) is 37.8 Å². The van der Waals surface area contributed by atoms with Gasteiger partial charge in [-0.25, -0.2) is 8.78 Å². The van der Waals surface area contributed by atoms with Crippen LogP contribution in [0.1, 0.15) is 17.2 Å². The molecule has 1 aliphatic rings. The highest BCUT2D eigenvalue weighted by Gasteiger charge is 2.36. The molecule has 1 aromatic rings. The summed E-state index contributed by atoms with van der Waals surface area (Å²) in [4.78, 5) is 1.66. The van der Waals surface area contributed by atoms with Gasteiger partial charge in [-0.05, 0) is 6.07 Å². The summed E-state index contributed by atoms with van der Waals surface area (Å²) in [6.07, 6.45) is -4.77. The van der Waals surface area contributed by atoms with Crippen molar-refractivity contribution in [3.05, 3.63) is 35.1 Å². The van der Waals surface area contributed by atoms with E-state index in [2.05, 4.69) is 5.32 Å². The number of halogens is 7. The van der Waals surface area contributed by atoms with Crippen LogP contribution in [0.3, 0.4) is 0 Å². The molecule has 0 saturated carbocycles. The number of rotatable bonds is 3. The summed E-state index contributed by atoms with van der Waals surface area (Å²) in [5, 5.41) is 3.06. The number of nitrogens with zero attached hydrogens (tertiary/aromatic N) is 1. The van der Waals surface area contributed by atoms with Crippen molar-refractivity contribution in [3.8, 4) is 0 Å². The maximum Gasteiger partial charge on any atom is 0.419 e. The van der Waals surface area contributed by atoms with Gasteiger partial charge in [-0.2, -0.15) is 13.2 Å². The number of benzene rings is 1. The van der Waals surface area contributed by atoms with Crippen LogP contribution in [0, 0.1) is 5.82 Å². The average Bonchev–Trinajstić information content (AvgIpc) is 2.41. The third-order valence-corrected chi connectivity index (χ3v) is 3.43. The maximum atomic E-state index is 14.0. The van der Waals surface area contributed by atoms with Crippen molar-refractivity contribution in [1.82, 2.24) is 10.2 Å². The summed E-state index contributed by atoms with van der Waals surface area (Å²) < 4.78 is 65.3. The van der Waals surface area contributed by atoms with E-state index in [0.717, 1.165) is 6.07 Å². The summed E-state index contributed by atoms with van der Waals surface area (Å²) in [6, 6.07) is 2.04.